The molecule has 0 spiro atoms. The lowest BCUT2D eigenvalue weighted by Crippen LogP contribution is -2.34. The highest BCUT2D eigenvalue weighted by atomic mass is 127. The number of phenolic OH excluding ortho intramolecular Hbond substituents is 1. The van der Waals surface area contributed by atoms with E-state index in [9.17, 15) is 14.7 Å². The van der Waals surface area contributed by atoms with E-state index in [1.165, 1.54) is 32.6 Å². The molecule has 0 saturated heterocycles. The summed E-state index contributed by atoms with van der Waals surface area (Å²) in [5.74, 6) is 0.194. The van der Waals surface area contributed by atoms with Crippen LogP contribution in [0.1, 0.15) is 15.9 Å². The summed E-state index contributed by atoms with van der Waals surface area (Å²) in [6, 6.07) is 9.61. The zero-order chi connectivity index (χ0) is 19.8. The zero-order valence-electron chi connectivity index (χ0n) is 14.7. The van der Waals surface area contributed by atoms with E-state index in [-0.39, 0.29) is 12.3 Å². The van der Waals surface area contributed by atoms with E-state index in [0.29, 0.717) is 26.2 Å². The quantitative estimate of drug-likeness (QED) is 0.317. The summed E-state index contributed by atoms with van der Waals surface area (Å²) >= 11 is 1.99. The van der Waals surface area contributed by atoms with Crippen molar-refractivity contribution < 1.29 is 24.2 Å². The van der Waals surface area contributed by atoms with Gasteiger partial charge in [0.2, 0.25) is 0 Å². The van der Waals surface area contributed by atoms with Crippen molar-refractivity contribution in [3.05, 3.63) is 51.1 Å². The molecule has 0 radical (unpaired) electrons. The molecule has 0 aliphatic carbocycles. The van der Waals surface area contributed by atoms with Crippen LogP contribution in [0.2, 0.25) is 0 Å². The van der Waals surface area contributed by atoms with Gasteiger partial charge in [-0.25, -0.2) is 5.43 Å². The maximum absolute atomic E-state index is 12.1. The molecule has 9 heteroatoms. The van der Waals surface area contributed by atoms with Crippen LogP contribution < -0.4 is 20.2 Å². The number of carbonyl (C=O) groups excluding carboxylic acids is 2. The number of amides is 2. The number of nitrogens with zero attached hydrogens (tertiary/aromatic N) is 1. The number of halogens is 1. The van der Waals surface area contributed by atoms with Gasteiger partial charge >= 0.3 is 0 Å². The van der Waals surface area contributed by atoms with Crippen molar-refractivity contribution in [2.45, 2.75) is 0 Å². The van der Waals surface area contributed by atoms with Gasteiger partial charge in [0.1, 0.15) is 5.75 Å². The summed E-state index contributed by atoms with van der Waals surface area (Å²) in [6.07, 6.45) is 1.44. The number of carbonyl (C=O) groups is 2. The Bertz CT molecular complexity index is 870. The first-order chi connectivity index (χ1) is 12.9. The molecule has 0 aliphatic heterocycles. The number of hydrogen-bond donors (Lipinski definition) is 3. The predicted octanol–water partition coefficient (Wildman–Crippen LogP) is 1.89. The maximum Gasteiger partial charge on any atom is 0.259 e. The second-order valence-corrected chi connectivity index (χ2v) is 6.42. The van der Waals surface area contributed by atoms with Gasteiger partial charge < -0.3 is 19.9 Å². The molecule has 0 aliphatic rings. The summed E-state index contributed by atoms with van der Waals surface area (Å²) in [7, 11) is 2.97. The lowest BCUT2D eigenvalue weighted by Gasteiger charge is -2.09. The highest BCUT2D eigenvalue weighted by Crippen LogP contribution is 2.27. The van der Waals surface area contributed by atoms with Crippen LogP contribution in [0, 0.1) is 3.57 Å². The molecule has 0 atom stereocenters. The Kier molecular flexibility index (Phi) is 7.41. The second-order valence-electron chi connectivity index (χ2n) is 5.26. The molecule has 0 heterocycles. The fraction of sp³-hybridized carbons (Fsp3) is 0.167. The number of benzene rings is 2. The van der Waals surface area contributed by atoms with Crippen molar-refractivity contribution in [3.63, 3.8) is 0 Å². The highest BCUT2D eigenvalue weighted by Gasteiger charge is 2.11. The van der Waals surface area contributed by atoms with Crippen molar-refractivity contribution in [2.75, 3.05) is 20.8 Å². The average molecular weight is 483 g/mol. The number of nitrogens with one attached hydrogen (secondary N) is 2. The number of rotatable bonds is 7. The fourth-order valence-corrected chi connectivity index (χ4v) is 2.60. The molecular weight excluding hydrogens is 465 g/mol. The van der Waals surface area contributed by atoms with E-state index in [2.05, 4.69) is 15.8 Å². The van der Waals surface area contributed by atoms with Crippen molar-refractivity contribution in [1.29, 1.82) is 0 Å². The van der Waals surface area contributed by atoms with Gasteiger partial charge in [-0.2, -0.15) is 5.10 Å². The molecule has 142 valence electrons. The molecule has 0 saturated carbocycles. The van der Waals surface area contributed by atoms with Crippen LogP contribution in [-0.2, 0) is 4.79 Å². The molecular formula is C18H18IN3O5. The molecule has 2 aromatic rings. The van der Waals surface area contributed by atoms with Crippen molar-refractivity contribution in [1.82, 2.24) is 10.7 Å². The number of hydrogen-bond acceptors (Lipinski definition) is 6. The minimum atomic E-state index is -0.478. The molecule has 2 rings (SSSR count). The minimum absolute atomic E-state index is 0.176. The second kappa shape index (κ2) is 9.76. The summed E-state index contributed by atoms with van der Waals surface area (Å²) in [6.45, 7) is -0.238. The Balaban J connectivity index is 1.86. The summed E-state index contributed by atoms with van der Waals surface area (Å²) in [4.78, 5) is 23.9. The number of hydrazone groups is 1. The molecule has 0 unspecified atom stereocenters. The van der Waals surface area contributed by atoms with Crippen LogP contribution in [-0.4, -0.2) is 43.9 Å². The average Bonchev–Trinajstić information content (AvgIpc) is 2.68. The monoisotopic (exact) mass is 483 g/mol. The molecule has 8 nitrogen and oxygen atoms in total. The molecule has 2 amide bonds. The van der Waals surface area contributed by atoms with Gasteiger partial charge in [-0.3, -0.25) is 9.59 Å². The topological polar surface area (TPSA) is 109 Å². The van der Waals surface area contributed by atoms with Crippen LogP contribution in [0.25, 0.3) is 0 Å². The molecule has 0 bridgehead atoms. The van der Waals surface area contributed by atoms with E-state index in [0.717, 1.165) is 0 Å². The summed E-state index contributed by atoms with van der Waals surface area (Å²) in [5, 5.41) is 15.8. The van der Waals surface area contributed by atoms with E-state index in [4.69, 9.17) is 9.47 Å². The third-order valence-corrected chi connectivity index (χ3v) is 4.29. The SMILES string of the molecule is COc1ccc(C(=O)NCC(=O)NN=Cc2ccc(O)c(I)c2)cc1OC. The van der Waals surface area contributed by atoms with E-state index in [1.54, 1.807) is 24.3 Å². The first kappa shape index (κ1) is 20.5. The standard InChI is InChI=1S/C18H18IN3O5/c1-26-15-6-4-12(8-16(15)27-2)18(25)20-10-17(24)22-21-9-11-3-5-14(23)13(19)7-11/h3-9,23H,10H2,1-2H3,(H,20,25)(H,22,24). The van der Waals surface area contributed by atoms with Crippen LogP contribution in [0.15, 0.2) is 41.5 Å². The molecule has 3 N–H and O–H groups in total. The van der Waals surface area contributed by atoms with Gasteiger partial charge in [-0.05, 0) is 64.6 Å². The summed E-state index contributed by atoms with van der Waals surface area (Å²) in [5.41, 5.74) is 3.37. The van der Waals surface area contributed by atoms with Gasteiger partial charge in [0.25, 0.3) is 11.8 Å². The Morgan fingerprint density at radius 3 is 2.56 bits per heavy atom. The molecule has 27 heavy (non-hydrogen) atoms. The zero-order valence-corrected chi connectivity index (χ0v) is 16.8. The Morgan fingerprint density at radius 1 is 1.15 bits per heavy atom. The van der Waals surface area contributed by atoms with E-state index >= 15 is 0 Å². The first-order valence-electron chi connectivity index (χ1n) is 7.75. The normalized spacial score (nSPS) is 10.5. The minimum Gasteiger partial charge on any atom is -0.507 e. The largest absolute Gasteiger partial charge is 0.507 e. The predicted molar refractivity (Wildman–Crippen MR) is 108 cm³/mol. The van der Waals surface area contributed by atoms with Crippen LogP contribution in [0.5, 0.6) is 17.2 Å². The lowest BCUT2D eigenvalue weighted by molar-refractivity contribution is -0.120. The van der Waals surface area contributed by atoms with Crippen LogP contribution >= 0.6 is 22.6 Å². The van der Waals surface area contributed by atoms with Gasteiger partial charge in [-0.15, -0.1) is 0 Å². The molecule has 0 aromatic heterocycles. The van der Waals surface area contributed by atoms with Gasteiger partial charge in [-0.1, -0.05) is 0 Å². The van der Waals surface area contributed by atoms with Gasteiger partial charge in [0.15, 0.2) is 11.5 Å². The van der Waals surface area contributed by atoms with E-state index in [1.807, 2.05) is 22.6 Å². The smallest absolute Gasteiger partial charge is 0.259 e. The van der Waals surface area contributed by atoms with Crippen molar-refractivity contribution in [3.8, 4) is 17.2 Å². The Morgan fingerprint density at radius 2 is 1.89 bits per heavy atom. The third kappa shape index (κ3) is 5.84. The van der Waals surface area contributed by atoms with Crippen LogP contribution in [0.4, 0.5) is 0 Å². The third-order valence-electron chi connectivity index (χ3n) is 3.43. The fourth-order valence-electron chi connectivity index (χ4n) is 2.06. The lowest BCUT2D eigenvalue weighted by atomic mass is 10.2. The number of ether oxygens (including phenoxy) is 2. The molecule has 0 fully saturated rings. The summed E-state index contributed by atoms with van der Waals surface area (Å²) < 4.78 is 10.9. The maximum atomic E-state index is 12.1. The Hall–Kier alpha value is -2.82. The molecule has 2 aromatic carbocycles. The Labute approximate surface area is 169 Å². The number of phenols is 1. The van der Waals surface area contributed by atoms with Crippen LogP contribution in [0.3, 0.4) is 0 Å². The number of methoxy groups -OCH3 is 2. The number of aromatic hydroxyl groups is 1. The highest BCUT2D eigenvalue weighted by molar-refractivity contribution is 14.1. The van der Waals surface area contributed by atoms with Gasteiger partial charge in [0.05, 0.1) is 30.5 Å². The van der Waals surface area contributed by atoms with Crippen molar-refractivity contribution in [2.24, 2.45) is 5.10 Å². The van der Waals surface area contributed by atoms with Gasteiger partial charge in [0, 0.05) is 5.56 Å². The first-order valence-corrected chi connectivity index (χ1v) is 8.83. The van der Waals surface area contributed by atoms with Crippen molar-refractivity contribution >= 4 is 40.6 Å². The van der Waals surface area contributed by atoms with E-state index < -0.39 is 11.8 Å².